The Hall–Kier alpha value is -2.70. The standard InChI is InChI=1S/C22H23ClN4O2/c1-28-18-3-4-19-14(11-18)10-17(24-19)13-27-8-6-16(7-9-27)25-22-26-20-12-15(23)2-5-21(20)29-22/h2-5,10-12,16,24H,6-9,13H2,1H3,(H,25,26). The first-order valence-corrected chi connectivity index (χ1v) is 10.2. The van der Waals surface area contributed by atoms with Crippen LogP contribution in [0.3, 0.4) is 0 Å². The fraction of sp³-hybridized carbons (Fsp3) is 0.318. The Morgan fingerprint density at radius 2 is 2.07 bits per heavy atom. The van der Waals surface area contributed by atoms with Gasteiger partial charge in [0.1, 0.15) is 11.3 Å². The van der Waals surface area contributed by atoms with E-state index in [4.69, 9.17) is 20.8 Å². The number of hydrogen-bond acceptors (Lipinski definition) is 5. The molecule has 2 N–H and O–H groups in total. The summed E-state index contributed by atoms with van der Waals surface area (Å²) in [5, 5.41) is 5.29. The number of likely N-dealkylation sites (tertiary alicyclic amines) is 1. The van der Waals surface area contributed by atoms with Crippen molar-refractivity contribution in [3.05, 3.63) is 53.2 Å². The minimum Gasteiger partial charge on any atom is -0.497 e. The minimum absolute atomic E-state index is 0.363. The van der Waals surface area contributed by atoms with Crippen molar-refractivity contribution in [1.29, 1.82) is 0 Å². The zero-order valence-electron chi connectivity index (χ0n) is 16.2. The molecule has 0 unspecified atom stereocenters. The van der Waals surface area contributed by atoms with Gasteiger partial charge in [0, 0.05) is 47.3 Å². The third-order valence-corrected chi connectivity index (χ3v) is 5.78. The Morgan fingerprint density at radius 3 is 2.90 bits per heavy atom. The van der Waals surface area contributed by atoms with Crippen LogP contribution < -0.4 is 10.1 Å². The molecule has 0 bridgehead atoms. The van der Waals surface area contributed by atoms with Gasteiger partial charge in [-0.2, -0.15) is 4.98 Å². The van der Waals surface area contributed by atoms with Gasteiger partial charge < -0.3 is 19.5 Å². The molecule has 150 valence electrons. The van der Waals surface area contributed by atoms with E-state index in [9.17, 15) is 0 Å². The van der Waals surface area contributed by atoms with Crippen molar-refractivity contribution < 1.29 is 9.15 Å². The first kappa shape index (κ1) is 18.3. The topological polar surface area (TPSA) is 66.3 Å². The Morgan fingerprint density at radius 1 is 1.21 bits per heavy atom. The van der Waals surface area contributed by atoms with Crippen LogP contribution in [0.15, 0.2) is 46.9 Å². The summed E-state index contributed by atoms with van der Waals surface area (Å²) in [5.74, 6) is 0.886. The quantitative estimate of drug-likeness (QED) is 0.482. The maximum Gasteiger partial charge on any atom is 0.295 e. The van der Waals surface area contributed by atoms with Crippen LogP contribution in [0.25, 0.3) is 22.0 Å². The summed E-state index contributed by atoms with van der Waals surface area (Å²) in [7, 11) is 1.70. The van der Waals surface area contributed by atoms with Crippen LogP contribution in [0.2, 0.25) is 5.02 Å². The van der Waals surface area contributed by atoms with Gasteiger partial charge in [0.2, 0.25) is 0 Å². The highest BCUT2D eigenvalue weighted by Gasteiger charge is 2.21. The number of hydrogen-bond donors (Lipinski definition) is 2. The Labute approximate surface area is 173 Å². The number of aromatic nitrogens is 2. The van der Waals surface area contributed by atoms with Crippen LogP contribution in [-0.4, -0.2) is 41.1 Å². The second-order valence-corrected chi connectivity index (χ2v) is 8.01. The number of anilines is 1. The van der Waals surface area contributed by atoms with E-state index in [1.54, 1.807) is 7.11 Å². The number of benzene rings is 2. The van der Waals surface area contributed by atoms with Crippen molar-refractivity contribution >= 4 is 39.6 Å². The summed E-state index contributed by atoms with van der Waals surface area (Å²) in [6, 6.07) is 14.8. The van der Waals surface area contributed by atoms with Crippen molar-refractivity contribution in [2.45, 2.75) is 25.4 Å². The molecule has 7 heteroatoms. The minimum atomic E-state index is 0.363. The lowest BCUT2D eigenvalue weighted by Gasteiger charge is -2.31. The SMILES string of the molecule is COc1ccc2[nH]c(CN3CCC(Nc4nc5cc(Cl)ccc5o4)CC3)cc2c1. The van der Waals surface area contributed by atoms with Gasteiger partial charge in [-0.3, -0.25) is 4.90 Å². The van der Waals surface area contributed by atoms with Crippen molar-refractivity contribution in [1.82, 2.24) is 14.9 Å². The summed E-state index contributed by atoms with van der Waals surface area (Å²) in [6.07, 6.45) is 2.10. The van der Waals surface area contributed by atoms with E-state index < -0.39 is 0 Å². The molecule has 1 aliphatic heterocycles. The number of methoxy groups -OCH3 is 1. The molecule has 2 aromatic heterocycles. The van der Waals surface area contributed by atoms with Crippen molar-refractivity contribution in [3.8, 4) is 5.75 Å². The molecule has 1 aliphatic rings. The molecule has 3 heterocycles. The number of aromatic amines is 1. The van der Waals surface area contributed by atoms with Crippen LogP contribution >= 0.6 is 11.6 Å². The molecule has 0 radical (unpaired) electrons. The molecule has 0 aliphatic carbocycles. The molecule has 4 aromatic rings. The number of fused-ring (bicyclic) bond motifs is 2. The Kier molecular flexibility index (Phi) is 4.81. The summed E-state index contributed by atoms with van der Waals surface area (Å²) in [5.41, 5.74) is 3.92. The Balaban J connectivity index is 1.19. The van der Waals surface area contributed by atoms with E-state index in [0.29, 0.717) is 17.1 Å². The van der Waals surface area contributed by atoms with Crippen LogP contribution in [0.4, 0.5) is 6.01 Å². The number of H-pyrrole nitrogens is 1. The van der Waals surface area contributed by atoms with Gasteiger partial charge in [-0.1, -0.05) is 11.6 Å². The molecule has 0 spiro atoms. The highest BCUT2D eigenvalue weighted by molar-refractivity contribution is 6.31. The average molecular weight is 411 g/mol. The zero-order chi connectivity index (χ0) is 19.8. The van der Waals surface area contributed by atoms with E-state index in [1.165, 1.54) is 11.1 Å². The molecule has 1 saturated heterocycles. The number of oxazole rings is 1. The molecule has 1 fully saturated rings. The van der Waals surface area contributed by atoms with Crippen LogP contribution in [-0.2, 0) is 6.54 Å². The molecule has 0 saturated carbocycles. The number of nitrogens with zero attached hydrogens (tertiary/aromatic N) is 2. The summed E-state index contributed by atoms with van der Waals surface area (Å²) in [6.45, 7) is 2.98. The monoisotopic (exact) mass is 410 g/mol. The number of halogens is 1. The second-order valence-electron chi connectivity index (χ2n) is 7.57. The summed E-state index contributed by atoms with van der Waals surface area (Å²) in [4.78, 5) is 10.5. The van der Waals surface area contributed by atoms with Crippen molar-refractivity contribution in [2.75, 3.05) is 25.5 Å². The molecule has 2 aromatic carbocycles. The first-order valence-electron chi connectivity index (χ1n) is 9.87. The van der Waals surface area contributed by atoms with Gasteiger partial charge in [0.15, 0.2) is 5.58 Å². The molecule has 0 amide bonds. The van der Waals surface area contributed by atoms with Crippen molar-refractivity contribution in [2.24, 2.45) is 0 Å². The lowest BCUT2D eigenvalue weighted by molar-refractivity contribution is 0.208. The van der Waals surface area contributed by atoms with Gasteiger partial charge in [-0.25, -0.2) is 0 Å². The van der Waals surface area contributed by atoms with Crippen LogP contribution in [0.1, 0.15) is 18.5 Å². The average Bonchev–Trinajstić information content (AvgIpc) is 3.31. The number of piperidine rings is 1. The number of ether oxygens (including phenoxy) is 1. The van der Waals surface area contributed by atoms with E-state index in [0.717, 1.165) is 54.8 Å². The largest absolute Gasteiger partial charge is 0.497 e. The number of nitrogens with one attached hydrogen (secondary N) is 2. The van der Waals surface area contributed by atoms with E-state index in [-0.39, 0.29) is 0 Å². The molecule has 5 rings (SSSR count). The van der Waals surface area contributed by atoms with Gasteiger partial charge in [-0.15, -0.1) is 0 Å². The fourth-order valence-corrected chi connectivity index (χ4v) is 4.16. The van der Waals surface area contributed by atoms with Crippen LogP contribution in [0.5, 0.6) is 5.75 Å². The molecular weight excluding hydrogens is 388 g/mol. The molecular formula is C22H23ClN4O2. The maximum atomic E-state index is 6.03. The summed E-state index contributed by atoms with van der Waals surface area (Å²) >= 11 is 6.03. The highest BCUT2D eigenvalue weighted by atomic mass is 35.5. The Bertz CT molecular complexity index is 1140. The second kappa shape index (κ2) is 7.61. The third kappa shape index (κ3) is 3.91. The molecule has 29 heavy (non-hydrogen) atoms. The van der Waals surface area contributed by atoms with E-state index in [1.807, 2.05) is 24.3 Å². The van der Waals surface area contributed by atoms with Gasteiger partial charge in [0.05, 0.1) is 7.11 Å². The lowest BCUT2D eigenvalue weighted by Crippen LogP contribution is -2.38. The molecule has 0 atom stereocenters. The zero-order valence-corrected chi connectivity index (χ0v) is 17.0. The van der Waals surface area contributed by atoms with Gasteiger partial charge >= 0.3 is 0 Å². The van der Waals surface area contributed by atoms with Crippen molar-refractivity contribution in [3.63, 3.8) is 0 Å². The van der Waals surface area contributed by atoms with E-state index >= 15 is 0 Å². The smallest absolute Gasteiger partial charge is 0.295 e. The van der Waals surface area contributed by atoms with Gasteiger partial charge in [0.25, 0.3) is 6.01 Å². The fourth-order valence-electron chi connectivity index (χ4n) is 4.00. The van der Waals surface area contributed by atoms with Crippen LogP contribution in [0, 0.1) is 0 Å². The molecule has 6 nitrogen and oxygen atoms in total. The third-order valence-electron chi connectivity index (χ3n) is 5.54. The number of rotatable bonds is 5. The van der Waals surface area contributed by atoms with Gasteiger partial charge in [-0.05, 0) is 55.3 Å². The first-order chi connectivity index (χ1) is 14.2. The maximum absolute atomic E-state index is 6.03. The van der Waals surface area contributed by atoms with E-state index in [2.05, 4.69) is 38.4 Å². The highest BCUT2D eigenvalue weighted by Crippen LogP contribution is 2.25. The summed E-state index contributed by atoms with van der Waals surface area (Å²) < 4.78 is 11.1. The predicted molar refractivity (Wildman–Crippen MR) is 116 cm³/mol. The lowest BCUT2D eigenvalue weighted by atomic mass is 10.1. The normalized spacial score (nSPS) is 15.9. The predicted octanol–water partition coefficient (Wildman–Crippen LogP) is 5.05.